The number of sulfone groups is 1. The Morgan fingerprint density at radius 1 is 1.47 bits per heavy atom. The fourth-order valence-electron chi connectivity index (χ4n) is 2.06. The summed E-state index contributed by atoms with van der Waals surface area (Å²) >= 11 is 0. The summed E-state index contributed by atoms with van der Waals surface area (Å²) in [7, 11) is -2.91. The average Bonchev–Trinajstić information content (AvgIpc) is 2.13. The molecule has 2 heterocycles. The zero-order valence-corrected chi connectivity index (χ0v) is 10.7. The molecule has 1 aromatic rings. The van der Waals surface area contributed by atoms with Crippen molar-refractivity contribution in [2.45, 2.75) is 19.9 Å². The largest absolute Gasteiger partial charge is 0.384 e. The van der Waals surface area contributed by atoms with Gasteiger partial charge in [-0.05, 0) is 13.8 Å². The predicted molar refractivity (Wildman–Crippen MR) is 66.6 cm³/mol. The van der Waals surface area contributed by atoms with Gasteiger partial charge in [-0.2, -0.15) is 0 Å². The van der Waals surface area contributed by atoms with E-state index in [2.05, 4.69) is 9.97 Å². The van der Waals surface area contributed by atoms with E-state index in [-0.39, 0.29) is 17.5 Å². The van der Waals surface area contributed by atoms with E-state index in [1.165, 1.54) is 0 Å². The van der Waals surface area contributed by atoms with Crippen LogP contribution in [0.15, 0.2) is 6.07 Å². The van der Waals surface area contributed by atoms with E-state index in [0.29, 0.717) is 24.0 Å². The highest BCUT2D eigenvalue weighted by molar-refractivity contribution is 7.91. The molecule has 0 amide bonds. The van der Waals surface area contributed by atoms with E-state index >= 15 is 0 Å². The highest BCUT2D eigenvalue weighted by Gasteiger charge is 2.29. The smallest absolute Gasteiger partial charge is 0.154 e. The third-order valence-electron chi connectivity index (χ3n) is 2.81. The summed E-state index contributed by atoms with van der Waals surface area (Å²) in [6.07, 6.45) is 0. The molecule has 0 bridgehead atoms. The van der Waals surface area contributed by atoms with Gasteiger partial charge in [-0.3, -0.25) is 0 Å². The molecule has 2 rings (SSSR count). The maximum atomic E-state index is 11.5. The third-order valence-corrected chi connectivity index (χ3v) is 4.60. The summed E-state index contributed by atoms with van der Waals surface area (Å²) < 4.78 is 23.0. The molecule has 1 aliphatic rings. The van der Waals surface area contributed by atoms with E-state index in [1.807, 2.05) is 11.8 Å². The summed E-state index contributed by atoms with van der Waals surface area (Å²) in [4.78, 5) is 10.3. The van der Waals surface area contributed by atoms with Crippen molar-refractivity contribution in [3.05, 3.63) is 11.9 Å². The van der Waals surface area contributed by atoms with E-state index in [4.69, 9.17) is 5.73 Å². The maximum absolute atomic E-state index is 11.5. The lowest BCUT2D eigenvalue weighted by Crippen LogP contribution is -2.47. The van der Waals surface area contributed by atoms with Crippen LogP contribution in [0.3, 0.4) is 0 Å². The molecule has 17 heavy (non-hydrogen) atoms. The van der Waals surface area contributed by atoms with Crippen molar-refractivity contribution in [2.24, 2.45) is 0 Å². The summed E-state index contributed by atoms with van der Waals surface area (Å²) in [6, 6.07) is 1.60. The Balaban J connectivity index is 2.29. The zero-order chi connectivity index (χ0) is 12.6. The third kappa shape index (κ3) is 2.66. The summed E-state index contributed by atoms with van der Waals surface area (Å²) in [5.41, 5.74) is 5.67. The van der Waals surface area contributed by atoms with Crippen LogP contribution < -0.4 is 10.6 Å². The van der Waals surface area contributed by atoms with E-state index in [9.17, 15) is 8.42 Å². The minimum atomic E-state index is -2.91. The van der Waals surface area contributed by atoms with Gasteiger partial charge in [-0.25, -0.2) is 18.4 Å². The van der Waals surface area contributed by atoms with Crippen molar-refractivity contribution in [2.75, 3.05) is 28.7 Å². The Hall–Kier alpha value is -1.37. The first-order valence-electron chi connectivity index (χ1n) is 5.45. The molecule has 1 fully saturated rings. The van der Waals surface area contributed by atoms with Gasteiger partial charge >= 0.3 is 0 Å². The minimum absolute atomic E-state index is 0.0811. The van der Waals surface area contributed by atoms with Crippen LogP contribution in [0.4, 0.5) is 11.6 Å². The van der Waals surface area contributed by atoms with Crippen LogP contribution in [-0.4, -0.2) is 42.5 Å². The first-order valence-corrected chi connectivity index (χ1v) is 7.28. The Morgan fingerprint density at radius 2 is 2.18 bits per heavy atom. The van der Waals surface area contributed by atoms with Crippen molar-refractivity contribution in [3.8, 4) is 0 Å². The normalized spacial score (nSPS) is 23.6. The number of nitrogens with zero attached hydrogens (tertiary/aromatic N) is 3. The average molecular weight is 256 g/mol. The number of hydrogen-bond acceptors (Lipinski definition) is 6. The number of aryl methyl sites for hydroxylation is 1. The van der Waals surface area contributed by atoms with Crippen LogP contribution in [0.5, 0.6) is 0 Å². The number of rotatable bonds is 1. The number of aromatic nitrogens is 2. The molecule has 1 atom stereocenters. The van der Waals surface area contributed by atoms with Crippen LogP contribution in [0.2, 0.25) is 0 Å². The zero-order valence-electron chi connectivity index (χ0n) is 9.92. The standard InChI is InChI=1S/C10H16N4O2S/c1-7-6-17(15,16)4-3-14(7)10-5-9(11)12-8(2)13-10/h5,7H,3-4,6H2,1-2H3,(H2,11,12,13). The van der Waals surface area contributed by atoms with Gasteiger partial charge in [-0.15, -0.1) is 0 Å². The number of nitrogens with two attached hydrogens (primary N) is 1. The summed E-state index contributed by atoms with van der Waals surface area (Å²) in [6.45, 7) is 4.11. The monoisotopic (exact) mass is 256 g/mol. The van der Waals surface area contributed by atoms with Gasteiger partial charge in [-0.1, -0.05) is 0 Å². The minimum Gasteiger partial charge on any atom is -0.384 e. The Morgan fingerprint density at radius 3 is 2.76 bits per heavy atom. The quantitative estimate of drug-likeness (QED) is 0.760. The number of nitrogen functional groups attached to an aromatic ring is 1. The number of hydrogen-bond donors (Lipinski definition) is 1. The van der Waals surface area contributed by atoms with E-state index in [0.717, 1.165) is 0 Å². The Labute approximate surface area is 101 Å². The van der Waals surface area contributed by atoms with Crippen molar-refractivity contribution >= 4 is 21.5 Å². The molecule has 0 saturated carbocycles. The van der Waals surface area contributed by atoms with Crippen LogP contribution in [0, 0.1) is 6.92 Å². The molecule has 0 aromatic carbocycles. The van der Waals surface area contributed by atoms with Gasteiger partial charge in [0.15, 0.2) is 9.84 Å². The molecule has 1 unspecified atom stereocenters. The molecule has 1 saturated heterocycles. The molecule has 0 radical (unpaired) electrons. The summed E-state index contributed by atoms with van der Waals surface area (Å²) in [5, 5.41) is 0. The molecule has 1 aliphatic heterocycles. The van der Waals surface area contributed by atoms with Crippen LogP contribution in [0.25, 0.3) is 0 Å². The SMILES string of the molecule is Cc1nc(N)cc(N2CCS(=O)(=O)CC2C)n1. The molecule has 0 spiro atoms. The molecule has 2 N–H and O–H groups in total. The van der Waals surface area contributed by atoms with Gasteiger partial charge in [0.1, 0.15) is 17.5 Å². The number of anilines is 2. The lowest BCUT2D eigenvalue weighted by Gasteiger charge is -2.34. The fraction of sp³-hybridized carbons (Fsp3) is 0.600. The van der Waals surface area contributed by atoms with Crippen molar-refractivity contribution < 1.29 is 8.42 Å². The lowest BCUT2D eigenvalue weighted by atomic mass is 10.3. The van der Waals surface area contributed by atoms with Crippen LogP contribution >= 0.6 is 0 Å². The molecular weight excluding hydrogens is 240 g/mol. The van der Waals surface area contributed by atoms with Gasteiger partial charge in [0.25, 0.3) is 0 Å². The molecule has 94 valence electrons. The first kappa shape index (κ1) is 12.1. The second-order valence-electron chi connectivity index (χ2n) is 4.35. The predicted octanol–water partition coefficient (Wildman–Crippen LogP) is -0.00948. The second kappa shape index (κ2) is 4.14. The van der Waals surface area contributed by atoms with Crippen molar-refractivity contribution in [1.82, 2.24) is 9.97 Å². The fourth-order valence-corrected chi connectivity index (χ4v) is 3.62. The Bertz CT molecular complexity index is 509. The van der Waals surface area contributed by atoms with Gasteiger partial charge in [0.05, 0.1) is 11.5 Å². The van der Waals surface area contributed by atoms with Gasteiger partial charge in [0.2, 0.25) is 0 Å². The highest BCUT2D eigenvalue weighted by Crippen LogP contribution is 2.20. The van der Waals surface area contributed by atoms with Crippen molar-refractivity contribution in [1.29, 1.82) is 0 Å². The molecule has 6 nitrogen and oxygen atoms in total. The second-order valence-corrected chi connectivity index (χ2v) is 6.58. The maximum Gasteiger partial charge on any atom is 0.154 e. The molecule has 0 aliphatic carbocycles. The molecule has 1 aromatic heterocycles. The van der Waals surface area contributed by atoms with E-state index in [1.54, 1.807) is 13.0 Å². The first-order chi connectivity index (χ1) is 7.87. The van der Waals surface area contributed by atoms with E-state index < -0.39 is 9.84 Å². The topological polar surface area (TPSA) is 89.2 Å². The highest BCUT2D eigenvalue weighted by atomic mass is 32.2. The molecule has 7 heteroatoms. The molecular formula is C10H16N4O2S. The lowest BCUT2D eigenvalue weighted by molar-refractivity contribution is 0.566. The van der Waals surface area contributed by atoms with Gasteiger partial charge in [0, 0.05) is 18.7 Å². The Kier molecular flexibility index (Phi) is 2.94. The van der Waals surface area contributed by atoms with Crippen molar-refractivity contribution in [3.63, 3.8) is 0 Å². The van der Waals surface area contributed by atoms with Gasteiger partial charge < -0.3 is 10.6 Å². The van der Waals surface area contributed by atoms with Crippen LogP contribution in [0.1, 0.15) is 12.7 Å². The van der Waals surface area contributed by atoms with Crippen LogP contribution in [-0.2, 0) is 9.84 Å². The summed E-state index contributed by atoms with van der Waals surface area (Å²) in [5.74, 6) is 2.04.